The van der Waals surface area contributed by atoms with Crippen LogP contribution in [0, 0.1) is 0 Å². The number of pyridine rings is 2. The van der Waals surface area contributed by atoms with Crippen molar-refractivity contribution in [3.05, 3.63) is 91.5 Å². The van der Waals surface area contributed by atoms with Gasteiger partial charge in [-0.2, -0.15) is 0 Å². The number of nitrogens with zero attached hydrogens (tertiary/aromatic N) is 2. The number of hydrogen-bond donors (Lipinski definition) is 0. The van der Waals surface area contributed by atoms with Gasteiger partial charge in [0.25, 0.3) is 0 Å². The van der Waals surface area contributed by atoms with Crippen LogP contribution in [0.3, 0.4) is 0 Å². The molecule has 0 unspecified atom stereocenters. The molecule has 3 rings (SSSR count). The Balaban J connectivity index is 0.000000143. The molecule has 0 N–H and O–H groups in total. The molecule has 2 aromatic heterocycles. The van der Waals surface area contributed by atoms with E-state index in [0.29, 0.717) is 0 Å². The third-order valence-electron chi connectivity index (χ3n) is 1.89. The molecule has 0 fully saturated rings. The van der Waals surface area contributed by atoms with Gasteiger partial charge in [-0.3, -0.25) is 9.97 Å². The predicted molar refractivity (Wildman–Crippen MR) is 80.3 cm³/mol. The van der Waals surface area contributed by atoms with E-state index in [9.17, 15) is 0 Å². The molecule has 0 saturated carbocycles. The van der Waals surface area contributed by atoms with Gasteiger partial charge >= 0.3 is 58.3 Å². The van der Waals surface area contributed by atoms with Crippen LogP contribution >= 0.6 is 0 Å². The third kappa shape index (κ3) is 10.0. The van der Waals surface area contributed by atoms with E-state index < -0.39 is 0 Å². The monoisotopic (exact) mass is 444 g/mol. The van der Waals surface area contributed by atoms with Crippen molar-refractivity contribution in [1.29, 1.82) is 0 Å². The van der Waals surface area contributed by atoms with Crippen molar-refractivity contribution in [3.8, 4) is 0 Å². The van der Waals surface area contributed by atoms with Crippen molar-refractivity contribution in [2.75, 3.05) is 0 Å². The third-order valence-corrected chi connectivity index (χ3v) is 3.05. The summed E-state index contributed by atoms with van der Waals surface area (Å²) in [6, 6.07) is 21.9. The van der Waals surface area contributed by atoms with Gasteiger partial charge in [-0.05, 0) is 24.3 Å². The normalized spacial score (nSPS) is 8.26. The maximum absolute atomic E-state index is 3.78. The first-order chi connectivity index (χ1) is 9.39. The van der Waals surface area contributed by atoms with Gasteiger partial charge in [0.1, 0.15) is 0 Å². The zero-order chi connectivity index (χ0) is 13.6. The molecule has 2 radical (unpaired) electrons. The van der Waals surface area contributed by atoms with Gasteiger partial charge in [-0.25, -0.2) is 0 Å². The first-order valence-electron chi connectivity index (χ1n) is 5.83. The van der Waals surface area contributed by atoms with Crippen molar-refractivity contribution in [2.24, 2.45) is 0 Å². The summed E-state index contributed by atoms with van der Waals surface area (Å²) < 4.78 is 1.43. The summed E-state index contributed by atoms with van der Waals surface area (Å²) in [5.74, 6) is 0. The van der Waals surface area contributed by atoms with Crippen LogP contribution in [0.25, 0.3) is 0 Å². The van der Waals surface area contributed by atoms with E-state index >= 15 is 0 Å². The largest absolute Gasteiger partial charge is 0.265 e. The van der Waals surface area contributed by atoms with E-state index in [2.05, 4.69) is 34.2 Å². The van der Waals surface area contributed by atoms with Crippen LogP contribution in [0.2, 0.25) is 0 Å². The van der Waals surface area contributed by atoms with Crippen LogP contribution in [0.4, 0.5) is 0 Å². The maximum Gasteiger partial charge on any atom is 0.0267 e. The van der Waals surface area contributed by atoms with Gasteiger partial charge in [0.15, 0.2) is 0 Å². The first-order valence-corrected chi connectivity index (χ1v) is 7.57. The topological polar surface area (TPSA) is 25.8 Å². The summed E-state index contributed by atoms with van der Waals surface area (Å²) in [6.45, 7) is 0. The Labute approximate surface area is 129 Å². The molecule has 0 amide bonds. The summed E-state index contributed by atoms with van der Waals surface area (Å²) in [5.41, 5.74) is 0. The van der Waals surface area contributed by atoms with Crippen molar-refractivity contribution in [1.82, 2.24) is 9.97 Å². The molecule has 19 heavy (non-hydrogen) atoms. The first kappa shape index (κ1) is 15.5. The van der Waals surface area contributed by atoms with Crippen molar-refractivity contribution < 1.29 is 0 Å². The Morgan fingerprint density at radius 2 is 0.895 bits per heavy atom. The van der Waals surface area contributed by atoms with E-state index in [4.69, 9.17) is 0 Å². The van der Waals surface area contributed by atoms with Crippen LogP contribution in [0.5, 0.6) is 0 Å². The minimum absolute atomic E-state index is 1.36. The van der Waals surface area contributed by atoms with E-state index in [0.717, 1.165) is 0 Å². The fourth-order valence-electron chi connectivity index (χ4n) is 1.05. The molecule has 94 valence electrons. The van der Waals surface area contributed by atoms with Gasteiger partial charge in [-0.15, -0.1) is 0 Å². The minimum atomic E-state index is 1.36. The molecule has 0 bridgehead atoms. The van der Waals surface area contributed by atoms with Crippen LogP contribution in [-0.2, 0) is 0 Å². The van der Waals surface area contributed by atoms with Crippen LogP contribution in [-0.4, -0.2) is 34.7 Å². The zero-order valence-corrected chi connectivity index (χ0v) is 14.0. The minimum Gasteiger partial charge on any atom is -0.265 e. The van der Waals surface area contributed by atoms with E-state index in [1.165, 1.54) is 28.0 Å². The Morgan fingerprint density at radius 1 is 0.526 bits per heavy atom. The smallest absolute Gasteiger partial charge is 0.0267 e. The quantitative estimate of drug-likeness (QED) is 0.499. The fourth-order valence-corrected chi connectivity index (χ4v) is 1.72. The van der Waals surface area contributed by atoms with Gasteiger partial charge in [0, 0.05) is 24.8 Å². The van der Waals surface area contributed by atoms with E-state index in [1.807, 2.05) is 42.5 Å². The Morgan fingerprint density at radius 3 is 1.05 bits per heavy atom. The number of aromatic nitrogens is 2. The molecule has 0 aliphatic heterocycles. The van der Waals surface area contributed by atoms with Crippen molar-refractivity contribution in [2.45, 2.75) is 0 Å². The molecule has 3 aromatic rings. The molecule has 0 saturated heterocycles. The van der Waals surface area contributed by atoms with Crippen LogP contribution in [0.15, 0.2) is 91.5 Å². The molecule has 0 aliphatic carbocycles. The second-order valence-electron chi connectivity index (χ2n) is 3.38. The summed E-state index contributed by atoms with van der Waals surface area (Å²) in [4.78, 5) is 7.57. The SMILES string of the molecule is [Bi][c]1ccccc1.c1ccncc1.c1ccncc1. The summed E-state index contributed by atoms with van der Waals surface area (Å²) in [6.07, 6.45) is 7.00. The molecule has 0 atom stereocenters. The zero-order valence-electron chi connectivity index (χ0n) is 10.5. The number of hydrogen-bond acceptors (Lipinski definition) is 2. The van der Waals surface area contributed by atoms with Crippen LogP contribution < -0.4 is 3.27 Å². The van der Waals surface area contributed by atoms with Gasteiger partial charge in [0.2, 0.25) is 0 Å². The molecular formula is C16H15BiN2. The average Bonchev–Trinajstić information content (AvgIpc) is 2.53. The maximum atomic E-state index is 3.78. The molecule has 2 heterocycles. The number of benzene rings is 1. The van der Waals surface area contributed by atoms with Gasteiger partial charge < -0.3 is 0 Å². The van der Waals surface area contributed by atoms with Gasteiger partial charge in [0.05, 0.1) is 0 Å². The summed E-state index contributed by atoms with van der Waals surface area (Å²) in [7, 11) is 0. The van der Waals surface area contributed by atoms with E-state index in [1.54, 1.807) is 24.8 Å². The molecule has 0 aliphatic rings. The standard InChI is InChI=1S/C6H5.2C5H5N.Bi/c3*1-2-4-6-5-3-1;/h3*1-5H;. The number of rotatable bonds is 0. The Hall–Kier alpha value is -1.60. The molecule has 0 spiro atoms. The van der Waals surface area contributed by atoms with Crippen molar-refractivity contribution >= 4 is 28.0 Å². The fraction of sp³-hybridized carbons (Fsp3) is 0. The molecular weight excluding hydrogens is 429 g/mol. The molecule has 2 nitrogen and oxygen atoms in total. The van der Waals surface area contributed by atoms with E-state index in [-0.39, 0.29) is 0 Å². The summed E-state index contributed by atoms with van der Waals surface area (Å²) in [5, 5.41) is 0. The molecule has 1 aromatic carbocycles. The molecule has 3 heteroatoms. The second-order valence-corrected chi connectivity index (χ2v) is 5.39. The average molecular weight is 444 g/mol. The van der Waals surface area contributed by atoms with Crippen molar-refractivity contribution in [3.63, 3.8) is 0 Å². The Kier molecular flexibility index (Phi) is 9.35. The van der Waals surface area contributed by atoms with Gasteiger partial charge in [-0.1, -0.05) is 12.1 Å². The summed E-state index contributed by atoms with van der Waals surface area (Å²) >= 11 is 1.36. The Bertz CT molecular complexity index is 416. The second kappa shape index (κ2) is 11.5. The van der Waals surface area contributed by atoms with Crippen LogP contribution in [0.1, 0.15) is 0 Å². The predicted octanol–water partition coefficient (Wildman–Crippen LogP) is 2.64.